The molecular weight excluding hydrogens is 348 g/mol. The van der Waals surface area contributed by atoms with Crippen LogP contribution in [0.25, 0.3) is 0 Å². The molecule has 0 saturated heterocycles. The van der Waals surface area contributed by atoms with Crippen molar-refractivity contribution < 1.29 is 22.8 Å². The minimum absolute atomic E-state index is 0.282. The van der Waals surface area contributed by atoms with E-state index in [1.807, 2.05) is 20.8 Å². The van der Waals surface area contributed by atoms with Gasteiger partial charge in [-0.1, -0.05) is 45.1 Å². The number of rotatable bonds is 18. The van der Waals surface area contributed by atoms with Gasteiger partial charge in [0.2, 0.25) is 0 Å². The predicted molar refractivity (Wildman–Crippen MR) is 108 cm³/mol. The summed E-state index contributed by atoms with van der Waals surface area (Å²) in [7, 11) is -2.45. The van der Waals surface area contributed by atoms with E-state index in [4.69, 9.17) is 18.0 Å². The third kappa shape index (κ3) is 12.6. The molecule has 0 aromatic heterocycles. The van der Waals surface area contributed by atoms with Crippen LogP contribution in [-0.4, -0.2) is 41.2 Å². The van der Waals surface area contributed by atoms with Gasteiger partial charge in [0.05, 0.1) is 6.61 Å². The average molecular weight is 389 g/mol. The number of esters is 1. The number of ether oxygens (including phenoxy) is 1. The fraction of sp³-hybridized carbons (Fsp3) is 0.850. The Morgan fingerprint density at radius 3 is 1.62 bits per heavy atom. The molecule has 0 N–H and O–H groups in total. The van der Waals surface area contributed by atoms with Gasteiger partial charge in [-0.15, -0.1) is 0 Å². The fourth-order valence-electron chi connectivity index (χ4n) is 2.79. The Kier molecular flexibility index (Phi) is 16.0. The zero-order valence-electron chi connectivity index (χ0n) is 17.4. The molecule has 0 radical (unpaired) electrons. The molecule has 0 fully saturated rings. The molecular formula is C20H40O5Si. The molecule has 0 unspecified atom stereocenters. The van der Waals surface area contributed by atoms with E-state index in [1.165, 1.54) is 32.1 Å². The highest BCUT2D eigenvalue weighted by molar-refractivity contribution is 6.60. The summed E-state index contributed by atoms with van der Waals surface area (Å²) in [6, 6.07) is 0.913. The van der Waals surface area contributed by atoms with Crippen LogP contribution in [0, 0.1) is 0 Å². The fourth-order valence-corrected chi connectivity index (χ4v) is 5.48. The van der Waals surface area contributed by atoms with Crippen molar-refractivity contribution in [2.24, 2.45) is 0 Å². The van der Waals surface area contributed by atoms with Gasteiger partial charge in [0, 0.05) is 31.4 Å². The lowest BCUT2D eigenvalue weighted by atomic mass is 10.1. The van der Waals surface area contributed by atoms with Crippen molar-refractivity contribution in [3.05, 3.63) is 12.2 Å². The molecule has 0 saturated carbocycles. The van der Waals surface area contributed by atoms with Gasteiger partial charge >= 0.3 is 14.8 Å². The van der Waals surface area contributed by atoms with Crippen molar-refractivity contribution >= 4 is 14.8 Å². The normalized spacial score (nSPS) is 11.5. The van der Waals surface area contributed by atoms with Crippen molar-refractivity contribution in [2.75, 3.05) is 26.4 Å². The van der Waals surface area contributed by atoms with Crippen LogP contribution in [0.15, 0.2) is 12.2 Å². The zero-order valence-corrected chi connectivity index (χ0v) is 18.4. The highest BCUT2D eigenvalue weighted by Crippen LogP contribution is 2.20. The van der Waals surface area contributed by atoms with E-state index in [-0.39, 0.29) is 5.97 Å². The van der Waals surface area contributed by atoms with Crippen LogP contribution in [-0.2, 0) is 22.8 Å². The average Bonchev–Trinajstić information content (AvgIpc) is 2.60. The van der Waals surface area contributed by atoms with E-state index in [1.54, 1.807) is 6.92 Å². The Labute approximate surface area is 161 Å². The third-order valence-electron chi connectivity index (χ3n) is 4.05. The summed E-state index contributed by atoms with van der Waals surface area (Å²) >= 11 is 0. The molecule has 0 atom stereocenters. The van der Waals surface area contributed by atoms with Gasteiger partial charge in [-0.2, -0.15) is 0 Å². The summed E-state index contributed by atoms with van der Waals surface area (Å²) in [5.41, 5.74) is 0.468. The number of unbranched alkanes of at least 4 members (excludes halogenated alkanes) is 7. The molecule has 0 aromatic rings. The Morgan fingerprint density at radius 2 is 1.19 bits per heavy atom. The minimum atomic E-state index is -2.45. The van der Waals surface area contributed by atoms with Gasteiger partial charge in [0.15, 0.2) is 0 Å². The molecule has 0 amide bonds. The molecule has 0 spiro atoms. The molecule has 0 aliphatic carbocycles. The summed E-state index contributed by atoms with van der Waals surface area (Å²) in [4.78, 5) is 11.2. The lowest BCUT2D eigenvalue weighted by Crippen LogP contribution is -2.45. The first-order valence-corrected chi connectivity index (χ1v) is 12.2. The number of hydrogen-bond donors (Lipinski definition) is 0. The molecule has 0 bridgehead atoms. The van der Waals surface area contributed by atoms with E-state index in [9.17, 15) is 4.79 Å². The monoisotopic (exact) mass is 388 g/mol. The SMILES string of the molecule is C=C(C)C(=O)OCCCCCCCCCC[Si](OCC)(OCC)OCC. The smallest absolute Gasteiger partial charge is 0.462 e. The van der Waals surface area contributed by atoms with Crippen LogP contribution in [0.4, 0.5) is 0 Å². The van der Waals surface area contributed by atoms with Gasteiger partial charge in [0.1, 0.15) is 0 Å². The van der Waals surface area contributed by atoms with Gasteiger partial charge in [-0.3, -0.25) is 0 Å². The maximum Gasteiger partial charge on any atom is 0.500 e. The van der Waals surface area contributed by atoms with Gasteiger partial charge in [0.25, 0.3) is 0 Å². The predicted octanol–water partition coefficient (Wildman–Crippen LogP) is 5.27. The molecule has 0 heterocycles. The summed E-state index contributed by atoms with van der Waals surface area (Å²) in [6.07, 6.45) is 9.25. The van der Waals surface area contributed by atoms with Gasteiger partial charge in [-0.25, -0.2) is 4.79 Å². The first-order chi connectivity index (χ1) is 12.5. The lowest BCUT2D eigenvalue weighted by molar-refractivity contribution is -0.139. The summed E-state index contributed by atoms with van der Waals surface area (Å²) in [6.45, 7) is 13.7. The van der Waals surface area contributed by atoms with Crippen molar-refractivity contribution in [1.29, 1.82) is 0 Å². The molecule has 5 nitrogen and oxygen atoms in total. The van der Waals surface area contributed by atoms with Gasteiger partial charge in [-0.05, 0) is 40.5 Å². The van der Waals surface area contributed by atoms with Gasteiger partial charge < -0.3 is 18.0 Å². The van der Waals surface area contributed by atoms with Crippen molar-refractivity contribution in [3.63, 3.8) is 0 Å². The van der Waals surface area contributed by atoms with Crippen LogP contribution in [0.1, 0.15) is 79.1 Å². The van der Waals surface area contributed by atoms with E-state index in [2.05, 4.69) is 6.58 Å². The Hall–Kier alpha value is -0.693. The standard InChI is InChI=1S/C20H40O5Si/c1-6-23-26(24-7-2,25-8-3)18-16-14-12-10-9-11-13-15-17-22-20(21)19(4)5/h4,6-18H2,1-3,5H3. The van der Waals surface area contributed by atoms with Crippen molar-refractivity contribution in [2.45, 2.75) is 85.1 Å². The number of carbonyl (C=O) groups excluding carboxylic acids is 1. The number of carbonyl (C=O) groups is 1. The maximum atomic E-state index is 11.2. The van der Waals surface area contributed by atoms with Crippen molar-refractivity contribution in [1.82, 2.24) is 0 Å². The summed E-state index contributed by atoms with van der Waals surface area (Å²) in [5, 5.41) is 0. The largest absolute Gasteiger partial charge is 0.500 e. The highest BCUT2D eigenvalue weighted by atomic mass is 28.4. The summed E-state index contributed by atoms with van der Waals surface area (Å²) < 4.78 is 22.7. The van der Waals surface area contributed by atoms with Crippen LogP contribution in [0.3, 0.4) is 0 Å². The second-order valence-electron chi connectivity index (χ2n) is 6.48. The first kappa shape index (κ1) is 25.3. The Bertz CT molecular complexity index is 356. The van der Waals surface area contributed by atoms with E-state index in [0.29, 0.717) is 32.0 Å². The van der Waals surface area contributed by atoms with Crippen LogP contribution >= 0.6 is 0 Å². The van der Waals surface area contributed by atoms with Crippen LogP contribution in [0.2, 0.25) is 6.04 Å². The molecule has 0 rings (SSSR count). The minimum Gasteiger partial charge on any atom is -0.462 e. The molecule has 0 aromatic carbocycles. The zero-order chi connectivity index (χ0) is 19.7. The molecule has 6 heteroatoms. The molecule has 26 heavy (non-hydrogen) atoms. The molecule has 154 valence electrons. The van der Waals surface area contributed by atoms with Crippen LogP contribution in [0.5, 0.6) is 0 Å². The van der Waals surface area contributed by atoms with Crippen LogP contribution < -0.4 is 0 Å². The Balaban J connectivity index is 3.66. The van der Waals surface area contributed by atoms with E-state index >= 15 is 0 Å². The summed E-state index contributed by atoms with van der Waals surface area (Å²) in [5.74, 6) is -0.282. The topological polar surface area (TPSA) is 54.0 Å². The second-order valence-corrected chi connectivity index (χ2v) is 9.21. The maximum absolute atomic E-state index is 11.2. The molecule has 0 aliphatic rings. The second kappa shape index (κ2) is 16.5. The Morgan fingerprint density at radius 1 is 0.769 bits per heavy atom. The third-order valence-corrected chi connectivity index (χ3v) is 7.20. The first-order valence-electron chi connectivity index (χ1n) is 10.3. The lowest BCUT2D eigenvalue weighted by Gasteiger charge is -2.28. The van der Waals surface area contributed by atoms with E-state index < -0.39 is 8.80 Å². The highest BCUT2D eigenvalue weighted by Gasteiger charge is 2.39. The number of hydrogen-bond acceptors (Lipinski definition) is 5. The quantitative estimate of drug-likeness (QED) is 0.138. The van der Waals surface area contributed by atoms with E-state index in [0.717, 1.165) is 25.3 Å². The van der Waals surface area contributed by atoms with Crippen molar-refractivity contribution in [3.8, 4) is 0 Å². The molecule has 0 aliphatic heterocycles.